The zero-order chi connectivity index (χ0) is 22.5. The molecule has 1 N–H and O–H groups in total. The van der Waals surface area contributed by atoms with Gasteiger partial charge in [-0.15, -0.1) is 0 Å². The average Bonchev–Trinajstić information content (AvgIpc) is 3.06. The summed E-state index contributed by atoms with van der Waals surface area (Å²) < 4.78 is 12.3. The topological polar surface area (TPSA) is 108 Å². The number of non-ortho nitro benzene ring substituents is 1. The molecule has 1 aromatic heterocycles. The summed E-state index contributed by atoms with van der Waals surface area (Å²) in [6.07, 6.45) is 1.56. The Hall–Kier alpha value is -4.14. The molecule has 160 valence electrons. The van der Waals surface area contributed by atoms with Crippen LogP contribution in [0.25, 0.3) is 5.69 Å². The first-order chi connectivity index (χ1) is 14.8. The van der Waals surface area contributed by atoms with E-state index in [-0.39, 0.29) is 5.69 Å². The van der Waals surface area contributed by atoms with Crippen LogP contribution in [0, 0.1) is 24.0 Å². The second kappa shape index (κ2) is 9.12. The highest BCUT2D eigenvalue weighted by molar-refractivity contribution is 5.95. The third-order valence-corrected chi connectivity index (χ3v) is 4.77. The first kappa shape index (κ1) is 21.6. The number of hydrogen-bond donors (Lipinski definition) is 1. The largest absolute Gasteiger partial charge is 0.497 e. The van der Waals surface area contributed by atoms with Crippen molar-refractivity contribution >= 4 is 17.8 Å². The molecule has 9 heteroatoms. The van der Waals surface area contributed by atoms with Crippen LogP contribution in [0.5, 0.6) is 11.5 Å². The number of methoxy groups -OCH3 is 2. The van der Waals surface area contributed by atoms with E-state index in [0.717, 1.165) is 22.6 Å². The number of hydrazone groups is 1. The van der Waals surface area contributed by atoms with Gasteiger partial charge in [-0.3, -0.25) is 14.9 Å². The predicted molar refractivity (Wildman–Crippen MR) is 117 cm³/mol. The molecule has 2 aromatic carbocycles. The highest BCUT2D eigenvalue weighted by Crippen LogP contribution is 2.23. The average molecular weight is 422 g/mol. The molecule has 3 aromatic rings. The van der Waals surface area contributed by atoms with Crippen LogP contribution in [0.3, 0.4) is 0 Å². The summed E-state index contributed by atoms with van der Waals surface area (Å²) in [5, 5.41) is 14.9. The van der Waals surface area contributed by atoms with Gasteiger partial charge in [0.2, 0.25) is 0 Å². The SMILES string of the molecule is COc1cc(OC)cc(C(=O)N/N=C\c2cc(C)n(-c3ccc([N+](=O)[O-])cc3)c2C)c1. The van der Waals surface area contributed by atoms with E-state index >= 15 is 0 Å². The number of hydrogen-bond acceptors (Lipinski definition) is 6. The van der Waals surface area contributed by atoms with Gasteiger partial charge in [0.25, 0.3) is 11.6 Å². The van der Waals surface area contributed by atoms with E-state index in [1.54, 1.807) is 36.5 Å². The summed E-state index contributed by atoms with van der Waals surface area (Å²) in [4.78, 5) is 22.9. The number of nitrogens with zero attached hydrogens (tertiary/aromatic N) is 3. The number of nitro groups is 1. The Morgan fingerprint density at radius 2 is 1.68 bits per heavy atom. The van der Waals surface area contributed by atoms with Crippen molar-refractivity contribution in [3.63, 3.8) is 0 Å². The van der Waals surface area contributed by atoms with Gasteiger partial charge in [0.15, 0.2) is 0 Å². The second-order valence-corrected chi connectivity index (χ2v) is 6.74. The highest BCUT2D eigenvalue weighted by atomic mass is 16.6. The van der Waals surface area contributed by atoms with Crippen LogP contribution in [0.4, 0.5) is 5.69 Å². The van der Waals surface area contributed by atoms with Gasteiger partial charge in [0, 0.05) is 46.4 Å². The van der Waals surface area contributed by atoms with Gasteiger partial charge in [-0.05, 0) is 44.2 Å². The molecule has 1 heterocycles. The summed E-state index contributed by atoms with van der Waals surface area (Å²) in [6.45, 7) is 3.83. The lowest BCUT2D eigenvalue weighted by Crippen LogP contribution is -2.17. The molecule has 31 heavy (non-hydrogen) atoms. The molecule has 0 aliphatic rings. The monoisotopic (exact) mass is 422 g/mol. The van der Waals surface area contributed by atoms with Gasteiger partial charge in [0.1, 0.15) is 11.5 Å². The summed E-state index contributed by atoms with van der Waals surface area (Å²) in [7, 11) is 3.02. The number of benzene rings is 2. The van der Waals surface area contributed by atoms with Crippen LogP contribution in [0.2, 0.25) is 0 Å². The van der Waals surface area contributed by atoms with E-state index < -0.39 is 10.8 Å². The normalized spacial score (nSPS) is 10.8. The Morgan fingerprint density at radius 3 is 2.23 bits per heavy atom. The number of nitro benzene ring substituents is 1. The molecular weight excluding hydrogens is 400 g/mol. The number of aryl methyl sites for hydroxylation is 1. The minimum atomic E-state index is -0.433. The Kier molecular flexibility index (Phi) is 6.35. The van der Waals surface area contributed by atoms with Crippen molar-refractivity contribution in [3.8, 4) is 17.2 Å². The molecule has 0 aliphatic heterocycles. The Bertz CT molecular complexity index is 1130. The predicted octanol–water partition coefficient (Wildman–Crippen LogP) is 3.78. The van der Waals surface area contributed by atoms with Gasteiger partial charge >= 0.3 is 0 Å². The number of rotatable bonds is 7. The lowest BCUT2D eigenvalue weighted by molar-refractivity contribution is -0.384. The minimum Gasteiger partial charge on any atom is -0.497 e. The Morgan fingerprint density at radius 1 is 1.06 bits per heavy atom. The van der Waals surface area contributed by atoms with Gasteiger partial charge in [-0.25, -0.2) is 5.43 Å². The van der Waals surface area contributed by atoms with Crippen molar-refractivity contribution in [2.24, 2.45) is 5.10 Å². The summed E-state index contributed by atoms with van der Waals surface area (Å²) in [5.74, 6) is 0.595. The third kappa shape index (κ3) is 4.72. The molecule has 0 fully saturated rings. The molecule has 0 unspecified atom stereocenters. The van der Waals surface area contributed by atoms with Crippen molar-refractivity contribution in [1.29, 1.82) is 0 Å². The molecule has 0 saturated heterocycles. The van der Waals surface area contributed by atoms with Crippen LogP contribution in [0.15, 0.2) is 53.6 Å². The number of aromatic nitrogens is 1. The number of ether oxygens (including phenoxy) is 2. The second-order valence-electron chi connectivity index (χ2n) is 6.74. The molecule has 0 radical (unpaired) electrons. The van der Waals surface area contributed by atoms with Gasteiger partial charge in [-0.2, -0.15) is 5.10 Å². The molecule has 0 aliphatic carbocycles. The minimum absolute atomic E-state index is 0.0323. The molecule has 0 saturated carbocycles. The van der Waals surface area contributed by atoms with Crippen LogP contribution >= 0.6 is 0 Å². The van der Waals surface area contributed by atoms with Gasteiger partial charge in [0.05, 0.1) is 25.4 Å². The first-order valence-electron chi connectivity index (χ1n) is 9.34. The molecular formula is C22H22N4O5. The zero-order valence-electron chi connectivity index (χ0n) is 17.6. The van der Waals surface area contributed by atoms with Crippen molar-refractivity contribution in [3.05, 3.63) is 81.2 Å². The van der Waals surface area contributed by atoms with Gasteiger partial charge in [-0.1, -0.05) is 0 Å². The quantitative estimate of drug-likeness (QED) is 0.354. The number of carbonyl (C=O) groups excluding carboxylic acids is 1. The van der Waals surface area contributed by atoms with Crippen LogP contribution in [-0.4, -0.2) is 35.8 Å². The summed E-state index contributed by atoms with van der Waals surface area (Å²) in [6, 6.07) is 13.1. The zero-order valence-corrected chi connectivity index (χ0v) is 17.6. The maximum atomic E-state index is 12.4. The van der Waals surface area contributed by atoms with Crippen molar-refractivity contribution < 1.29 is 19.2 Å². The van der Waals surface area contributed by atoms with E-state index in [1.165, 1.54) is 26.4 Å². The fourth-order valence-corrected chi connectivity index (χ4v) is 3.20. The number of nitrogens with one attached hydrogen (secondary N) is 1. The van der Waals surface area contributed by atoms with E-state index in [0.29, 0.717) is 17.1 Å². The van der Waals surface area contributed by atoms with E-state index in [4.69, 9.17) is 9.47 Å². The highest BCUT2D eigenvalue weighted by Gasteiger charge is 2.12. The fourth-order valence-electron chi connectivity index (χ4n) is 3.20. The molecule has 3 rings (SSSR count). The Labute approximate surface area is 179 Å². The van der Waals surface area contributed by atoms with E-state index in [9.17, 15) is 14.9 Å². The van der Waals surface area contributed by atoms with Crippen LogP contribution < -0.4 is 14.9 Å². The molecule has 9 nitrogen and oxygen atoms in total. The van der Waals surface area contributed by atoms with Crippen LogP contribution in [-0.2, 0) is 0 Å². The summed E-state index contributed by atoms with van der Waals surface area (Å²) in [5.41, 5.74) is 6.30. The van der Waals surface area contributed by atoms with Crippen molar-refractivity contribution in [2.75, 3.05) is 14.2 Å². The number of amides is 1. The lowest BCUT2D eigenvalue weighted by atomic mass is 10.2. The van der Waals surface area contributed by atoms with E-state index in [2.05, 4.69) is 10.5 Å². The maximum absolute atomic E-state index is 12.4. The molecule has 0 atom stereocenters. The van der Waals surface area contributed by atoms with E-state index in [1.807, 2.05) is 24.5 Å². The molecule has 0 bridgehead atoms. The third-order valence-electron chi connectivity index (χ3n) is 4.77. The standard InChI is InChI=1S/C22H22N4O5/c1-14-9-17(15(2)25(14)18-5-7-19(8-6-18)26(28)29)13-23-24-22(27)16-10-20(30-3)12-21(11-16)31-4/h5-13H,1-4H3,(H,24,27)/b23-13-. The van der Waals surface area contributed by atoms with Crippen LogP contribution in [0.1, 0.15) is 27.3 Å². The Balaban J connectivity index is 1.78. The fraction of sp³-hybridized carbons (Fsp3) is 0.182. The smallest absolute Gasteiger partial charge is 0.271 e. The first-order valence-corrected chi connectivity index (χ1v) is 9.34. The summed E-state index contributed by atoms with van der Waals surface area (Å²) >= 11 is 0. The van der Waals surface area contributed by atoms with Gasteiger partial charge < -0.3 is 14.0 Å². The van der Waals surface area contributed by atoms with Crippen molar-refractivity contribution in [1.82, 2.24) is 9.99 Å². The lowest BCUT2D eigenvalue weighted by Gasteiger charge is -2.09. The number of carbonyl (C=O) groups is 1. The molecule has 1 amide bonds. The maximum Gasteiger partial charge on any atom is 0.271 e. The molecule has 0 spiro atoms. The van der Waals surface area contributed by atoms with Crippen molar-refractivity contribution in [2.45, 2.75) is 13.8 Å².